The summed E-state index contributed by atoms with van der Waals surface area (Å²) < 4.78 is 45.8. The van der Waals surface area contributed by atoms with Crippen LogP contribution in [0, 0.1) is 0 Å². The Morgan fingerprint density at radius 1 is 1.25 bits per heavy atom. The molecule has 0 aliphatic carbocycles. The summed E-state index contributed by atoms with van der Waals surface area (Å²) in [5, 5.41) is 0. The number of rotatable bonds is 1. The van der Waals surface area contributed by atoms with E-state index in [-0.39, 0.29) is 0 Å². The monoisotopic (exact) mass is 335 g/mol. The lowest BCUT2D eigenvalue weighted by Gasteiger charge is -2.34. The Morgan fingerprint density at radius 2 is 2.04 bits per heavy atom. The van der Waals surface area contributed by atoms with Crippen LogP contribution < -0.4 is 4.74 Å². The Balaban J connectivity index is 1.94. The summed E-state index contributed by atoms with van der Waals surface area (Å²) >= 11 is 0. The van der Waals surface area contributed by atoms with Crippen molar-refractivity contribution in [2.45, 2.75) is 38.5 Å². The van der Waals surface area contributed by atoms with Crippen molar-refractivity contribution >= 4 is 11.2 Å². The minimum Gasteiger partial charge on any atom is -0.487 e. The molecular formula is C17H16F3N3O. The summed E-state index contributed by atoms with van der Waals surface area (Å²) in [7, 11) is 0. The zero-order valence-corrected chi connectivity index (χ0v) is 13.2. The SMILES string of the molecule is CC1(C)CCc2cc(C(F)(F)F)cc(-c3nc4[nH]ccc4[nH]3)c2O1. The van der Waals surface area contributed by atoms with Crippen LogP contribution in [0.5, 0.6) is 5.75 Å². The molecule has 2 aromatic heterocycles. The van der Waals surface area contributed by atoms with E-state index in [9.17, 15) is 13.2 Å². The van der Waals surface area contributed by atoms with Crippen molar-refractivity contribution in [3.63, 3.8) is 0 Å². The van der Waals surface area contributed by atoms with Gasteiger partial charge in [0.05, 0.1) is 16.6 Å². The Kier molecular flexibility index (Phi) is 3.01. The molecule has 0 saturated carbocycles. The lowest BCUT2D eigenvalue weighted by molar-refractivity contribution is -0.137. The number of benzene rings is 1. The topological polar surface area (TPSA) is 53.7 Å². The van der Waals surface area contributed by atoms with Crippen molar-refractivity contribution < 1.29 is 17.9 Å². The molecule has 1 aliphatic rings. The smallest absolute Gasteiger partial charge is 0.416 e. The third kappa shape index (κ3) is 2.44. The molecule has 0 radical (unpaired) electrons. The lowest BCUT2D eigenvalue weighted by atomic mass is 9.91. The highest BCUT2D eigenvalue weighted by molar-refractivity contribution is 5.79. The van der Waals surface area contributed by atoms with E-state index in [1.54, 1.807) is 12.3 Å². The van der Waals surface area contributed by atoms with Crippen LogP contribution in [0.25, 0.3) is 22.6 Å². The van der Waals surface area contributed by atoms with Crippen molar-refractivity contribution in [1.29, 1.82) is 0 Å². The molecule has 3 heterocycles. The van der Waals surface area contributed by atoms with Gasteiger partial charge in [-0.3, -0.25) is 0 Å². The number of ether oxygens (including phenoxy) is 1. The number of aromatic amines is 2. The molecule has 0 spiro atoms. The Morgan fingerprint density at radius 3 is 2.75 bits per heavy atom. The fraction of sp³-hybridized carbons (Fsp3) is 0.353. The third-order valence-corrected chi connectivity index (χ3v) is 4.32. The van der Waals surface area contributed by atoms with E-state index in [0.29, 0.717) is 41.2 Å². The number of aryl methyl sites for hydroxylation is 1. The van der Waals surface area contributed by atoms with Gasteiger partial charge in [-0.25, -0.2) is 4.98 Å². The van der Waals surface area contributed by atoms with Gasteiger partial charge in [-0.1, -0.05) is 0 Å². The highest BCUT2D eigenvalue weighted by atomic mass is 19.4. The Bertz CT molecular complexity index is 892. The highest BCUT2D eigenvalue weighted by Gasteiger charge is 2.36. The van der Waals surface area contributed by atoms with Gasteiger partial charge in [-0.15, -0.1) is 0 Å². The normalized spacial score (nSPS) is 16.9. The van der Waals surface area contributed by atoms with Crippen LogP contribution in [0.3, 0.4) is 0 Å². The number of halogens is 3. The van der Waals surface area contributed by atoms with Crippen molar-refractivity contribution in [3.05, 3.63) is 35.5 Å². The van der Waals surface area contributed by atoms with Gasteiger partial charge in [0.25, 0.3) is 0 Å². The minimum absolute atomic E-state index is 0.345. The molecule has 2 N–H and O–H groups in total. The average Bonchev–Trinajstić information content (AvgIpc) is 3.05. The summed E-state index contributed by atoms with van der Waals surface area (Å²) in [4.78, 5) is 10.4. The lowest BCUT2D eigenvalue weighted by Crippen LogP contribution is -2.33. The molecule has 0 unspecified atom stereocenters. The van der Waals surface area contributed by atoms with Crippen LogP contribution in [-0.4, -0.2) is 20.6 Å². The maximum atomic E-state index is 13.3. The summed E-state index contributed by atoms with van der Waals surface area (Å²) in [5.41, 5.74) is 1.16. The van der Waals surface area contributed by atoms with Gasteiger partial charge in [0.15, 0.2) is 5.65 Å². The number of alkyl halides is 3. The van der Waals surface area contributed by atoms with Crippen LogP contribution in [0.15, 0.2) is 24.4 Å². The number of H-pyrrole nitrogens is 2. The quantitative estimate of drug-likeness (QED) is 0.678. The van der Waals surface area contributed by atoms with Gasteiger partial charge in [0, 0.05) is 6.20 Å². The van der Waals surface area contributed by atoms with E-state index in [0.717, 1.165) is 11.6 Å². The first-order chi connectivity index (χ1) is 11.2. The van der Waals surface area contributed by atoms with E-state index in [1.165, 1.54) is 6.07 Å². The second kappa shape index (κ2) is 4.78. The van der Waals surface area contributed by atoms with Crippen molar-refractivity contribution in [1.82, 2.24) is 15.0 Å². The van der Waals surface area contributed by atoms with Gasteiger partial charge < -0.3 is 14.7 Å². The maximum Gasteiger partial charge on any atom is 0.416 e. The number of nitrogens with zero attached hydrogens (tertiary/aromatic N) is 1. The number of fused-ring (bicyclic) bond motifs is 2. The molecule has 1 aromatic carbocycles. The molecule has 0 bridgehead atoms. The summed E-state index contributed by atoms with van der Waals surface area (Å²) in [6.07, 6.45) is -1.49. The van der Waals surface area contributed by atoms with Crippen LogP contribution >= 0.6 is 0 Å². The maximum absolute atomic E-state index is 13.3. The number of imidazole rings is 1. The predicted molar refractivity (Wildman–Crippen MR) is 83.9 cm³/mol. The predicted octanol–water partition coefficient (Wildman–Crippen LogP) is 4.68. The fourth-order valence-electron chi connectivity index (χ4n) is 3.05. The van der Waals surface area contributed by atoms with Gasteiger partial charge >= 0.3 is 6.18 Å². The number of hydrogen-bond donors (Lipinski definition) is 2. The van der Waals surface area contributed by atoms with Gasteiger partial charge in [0.2, 0.25) is 0 Å². The van der Waals surface area contributed by atoms with Crippen LogP contribution in [0.4, 0.5) is 13.2 Å². The van der Waals surface area contributed by atoms with Gasteiger partial charge in [0.1, 0.15) is 17.2 Å². The largest absolute Gasteiger partial charge is 0.487 e. The second-order valence-electron chi connectivity index (χ2n) is 6.70. The molecule has 1 aliphatic heterocycles. The molecule has 4 rings (SSSR count). The molecule has 3 aromatic rings. The first-order valence-electron chi connectivity index (χ1n) is 7.69. The van der Waals surface area contributed by atoms with Crippen molar-refractivity contribution in [2.75, 3.05) is 0 Å². The standard InChI is InChI=1S/C17H16F3N3O/c1-16(2)5-3-9-7-10(17(18,19)20)8-11(13(9)24-16)14-22-12-4-6-21-15(12)23-14/h4,6-8,21H,3,5H2,1-2H3,(H,22,23). The third-order valence-electron chi connectivity index (χ3n) is 4.32. The zero-order valence-electron chi connectivity index (χ0n) is 13.2. The van der Waals surface area contributed by atoms with Gasteiger partial charge in [-0.2, -0.15) is 13.2 Å². The highest BCUT2D eigenvalue weighted by Crippen LogP contribution is 2.44. The van der Waals surface area contributed by atoms with Crippen LogP contribution in [0.1, 0.15) is 31.4 Å². The second-order valence-corrected chi connectivity index (χ2v) is 6.70. The van der Waals surface area contributed by atoms with E-state index in [4.69, 9.17) is 4.74 Å². The summed E-state index contributed by atoms with van der Waals surface area (Å²) in [6, 6.07) is 4.08. The minimum atomic E-state index is -4.41. The van der Waals surface area contributed by atoms with E-state index in [1.807, 2.05) is 13.8 Å². The summed E-state index contributed by atoms with van der Waals surface area (Å²) in [5.74, 6) is 0.854. The first kappa shape index (κ1) is 15.1. The van der Waals surface area contributed by atoms with E-state index < -0.39 is 17.3 Å². The first-order valence-corrected chi connectivity index (χ1v) is 7.69. The Hall–Kier alpha value is -2.44. The molecule has 126 valence electrons. The van der Waals surface area contributed by atoms with E-state index in [2.05, 4.69) is 15.0 Å². The number of hydrogen-bond acceptors (Lipinski definition) is 2. The van der Waals surface area contributed by atoms with Crippen molar-refractivity contribution in [2.24, 2.45) is 0 Å². The van der Waals surface area contributed by atoms with Crippen LogP contribution in [0.2, 0.25) is 0 Å². The zero-order chi connectivity index (χ0) is 17.1. The van der Waals surface area contributed by atoms with E-state index >= 15 is 0 Å². The number of nitrogens with one attached hydrogen (secondary N) is 2. The fourth-order valence-corrected chi connectivity index (χ4v) is 3.05. The van der Waals surface area contributed by atoms with Gasteiger partial charge in [-0.05, 0) is 50.5 Å². The molecule has 0 atom stereocenters. The summed E-state index contributed by atoms with van der Waals surface area (Å²) in [6.45, 7) is 3.87. The molecular weight excluding hydrogens is 319 g/mol. The Labute approximate surface area is 136 Å². The van der Waals surface area contributed by atoms with Crippen molar-refractivity contribution in [3.8, 4) is 17.1 Å². The molecule has 0 amide bonds. The molecule has 7 heteroatoms. The number of aromatic nitrogens is 3. The molecule has 4 nitrogen and oxygen atoms in total. The molecule has 24 heavy (non-hydrogen) atoms. The van der Waals surface area contributed by atoms with Crippen LogP contribution in [-0.2, 0) is 12.6 Å². The molecule has 0 fully saturated rings. The molecule has 0 saturated heterocycles. The average molecular weight is 335 g/mol.